The Morgan fingerprint density at radius 3 is 2.90 bits per heavy atom. The van der Waals surface area contributed by atoms with Gasteiger partial charge < -0.3 is 10.6 Å². The molecule has 0 radical (unpaired) electrons. The van der Waals surface area contributed by atoms with E-state index in [1.165, 1.54) is 12.1 Å². The third kappa shape index (κ3) is 4.01. The van der Waals surface area contributed by atoms with Crippen molar-refractivity contribution in [2.75, 3.05) is 17.2 Å². The van der Waals surface area contributed by atoms with Gasteiger partial charge in [-0.3, -0.25) is 4.79 Å². The molecule has 1 amide bonds. The molecule has 0 aliphatic rings. The Kier molecular flexibility index (Phi) is 5.27. The van der Waals surface area contributed by atoms with E-state index in [9.17, 15) is 9.18 Å². The Hall–Kier alpha value is -1.95. The van der Waals surface area contributed by atoms with Crippen LogP contribution in [0.4, 0.5) is 15.9 Å². The fourth-order valence-corrected chi connectivity index (χ4v) is 2.09. The van der Waals surface area contributed by atoms with Crippen LogP contribution in [0.15, 0.2) is 41.0 Å². The lowest BCUT2D eigenvalue weighted by atomic mass is 10.2. The molecule has 0 spiro atoms. The summed E-state index contributed by atoms with van der Waals surface area (Å²) in [5.74, 6) is -0.401. The molecule has 110 valence electrons. The van der Waals surface area contributed by atoms with Gasteiger partial charge in [-0.2, -0.15) is 0 Å². The Balaban J connectivity index is 2.20. The van der Waals surface area contributed by atoms with Crippen molar-refractivity contribution in [3.05, 3.63) is 52.4 Å². The lowest BCUT2D eigenvalue weighted by Crippen LogP contribution is -2.16. The summed E-state index contributed by atoms with van der Waals surface area (Å²) in [6, 6.07) is 7.79. The summed E-state index contributed by atoms with van der Waals surface area (Å²) in [7, 11) is 0. The third-order valence-electron chi connectivity index (χ3n) is 2.77. The molecule has 0 saturated carbocycles. The minimum Gasteiger partial charge on any atom is -0.369 e. The number of hydrogen-bond donors (Lipinski definition) is 2. The van der Waals surface area contributed by atoms with Crippen molar-refractivity contribution in [2.24, 2.45) is 0 Å². The summed E-state index contributed by atoms with van der Waals surface area (Å²) in [6.07, 6.45) is 2.52. The monoisotopic (exact) mass is 351 g/mol. The number of aromatic nitrogens is 1. The van der Waals surface area contributed by atoms with Gasteiger partial charge >= 0.3 is 0 Å². The molecule has 2 rings (SSSR count). The molecule has 1 heterocycles. The second-order valence-electron chi connectivity index (χ2n) is 4.40. The van der Waals surface area contributed by atoms with Crippen molar-refractivity contribution in [3.8, 4) is 0 Å². The molecule has 0 aliphatic heterocycles. The second-order valence-corrected chi connectivity index (χ2v) is 5.32. The normalized spacial score (nSPS) is 10.2. The van der Waals surface area contributed by atoms with E-state index in [-0.39, 0.29) is 5.69 Å². The summed E-state index contributed by atoms with van der Waals surface area (Å²) in [5.41, 5.74) is 0.516. The van der Waals surface area contributed by atoms with Gasteiger partial charge in [-0.15, -0.1) is 0 Å². The van der Waals surface area contributed by atoms with E-state index in [0.29, 0.717) is 22.4 Å². The third-order valence-corrected chi connectivity index (χ3v) is 3.27. The maximum Gasteiger partial charge on any atom is 0.259 e. The number of nitrogens with zero attached hydrogens (tertiary/aromatic N) is 1. The van der Waals surface area contributed by atoms with Crippen LogP contribution < -0.4 is 10.6 Å². The Morgan fingerprint density at radius 1 is 1.38 bits per heavy atom. The smallest absolute Gasteiger partial charge is 0.259 e. The largest absolute Gasteiger partial charge is 0.369 e. The molecule has 0 saturated heterocycles. The maximum absolute atomic E-state index is 13.8. The molecular formula is C15H15BrFN3O. The van der Waals surface area contributed by atoms with Gasteiger partial charge in [0, 0.05) is 17.2 Å². The molecule has 4 nitrogen and oxygen atoms in total. The summed E-state index contributed by atoms with van der Waals surface area (Å²) in [5, 5.41) is 5.64. The van der Waals surface area contributed by atoms with Crippen LogP contribution in [-0.4, -0.2) is 17.4 Å². The SMILES string of the molecule is CCCNc1ncccc1C(=O)Nc1ccc(Br)cc1F. The topological polar surface area (TPSA) is 54.0 Å². The number of rotatable bonds is 5. The van der Waals surface area contributed by atoms with Crippen LogP contribution in [0.2, 0.25) is 0 Å². The van der Waals surface area contributed by atoms with Gasteiger partial charge in [0.1, 0.15) is 11.6 Å². The van der Waals surface area contributed by atoms with E-state index in [4.69, 9.17) is 0 Å². The lowest BCUT2D eigenvalue weighted by Gasteiger charge is -2.11. The van der Waals surface area contributed by atoms with Gasteiger partial charge in [0.15, 0.2) is 0 Å². The zero-order chi connectivity index (χ0) is 15.2. The predicted octanol–water partition coefficient (Wildman–Crippen LogP) is 4.06. The molecule has 0 fully saturated rings. The van der Waals surface area contributed by atoms with Crippen molar-refractivity contribution >= 4 is 33.3 Å². The van der Waals surface area contributed by atoms with Gasteiger partial charge in [-0.25, -0.2) is 9.37 Å². The van der Waals surface area contributed by atoms with Gasteiger partial charge in [0.25, 0.3) is 5.91 Å². The van der Waals surface area contributed by atoms with Gasteiger partial charge in [-0.05, 0) is 36.8 Å². The average Bonchev–Trinajstić information content (AvgIpc) is 2.48. The van der Waals surface area contributed by atoms with Gasteiger partial charge in [0.05, 0.1) is 11.3 Å². The number of benzene rings is 1. The van der Waals surface area contributed by atoms with E-state index in [1.54, 1.807) is 24.4 Å². The molecule has 0 unspecified atom stereocenters. The van der Waals surface area contributed by atoms with Gasteiger partial charge in [0.2, 0.25) is 0 Å². The molecule has 1 aromatic heterocycles. The fourth-order valence-electron chi connectivity index (χ4n) is 1.75. The Bertz CT molecular complexity index is 649. The molecule has 0 bridgehead atoms. The van der Waals surface area contributed by atoms with Crippen LogP contribution in [0.5, 0.6) is 0 Å². The predicted molar refractivity (Wildman–Crippen MR) is 85.1 cm³/mol. The summed E-state index contributed by atoms with van der Waals surface area (Å²) < 4.78 is 14.4. The number of halogens is 2. The van der Waals surface area contributed by atoms with E-state index in [2.05, 4.69) is 31.5 Å². The molecule has 2 aromatic rings. The second kappa shape index (κ2) is 7.17. The standard InChI is InChI=1S/C15H15BrFN3O/c1-2-7-18-14-11(4-3-8-19-14)15(21)20-13-6-5-10(16)9-12(13)17/h3-6,8-9H,2,7H2,1H3,(H,18,19)(H,20,21). The lowest BCUT2D eigenvalue weighted by molar-refractivity contribution is 0.102. The van der Waals surface area contributed by atoms with Crippen molar-refractivity contribution in [2.45, 2.75) is 13.3 Å². The number of nitrogens with one attached hydrogen (secondary N) is 2. The first-order chi connectivity index (χ1) is 10.1. The first-order valence-electron chi connectivity index (χ1n) is 6.57. The van der Waals surface area contributed by atoms with Crippen LogP contribution in [0, 0.1) is 5.82 Å². The fraction of sp³-hybridized carbons (Fsp3) is 0.200. The number of carbonyl (C=O) groups is 1. The van der Waals surface area contributed by atoms with Crippen LogP contribution >= 0.6 is 15.9 Å². The molecule has 21 heavy (non-hydrogen) atoms. The molecular weight excluding hydrogens is 337 g/mol. The number of anilines is 2. The number of pyridine rings is 1. The molecule has 2 N–H and O–H groups in total. The highest BCUT2D eigenvalue weighted by Gasteiger charge is 2.14. The summed E-state index contributed by atoms with van der Waals surface area (Å²) >= 11 is 3.17. The van der Waals surface area contributed by atoms with Crippen molar-refractivity contribution in [3.63, 3.8) is 0 Å². The van der Waals surface area contributed by atoms with E-state index in [0.717, 1.165) is 6.42 Å². The Labute approximate surface area is 130 Å². The van der Waals surface area contributed by atoms with E-state index < -0.39 is 11.7 Å². The van der Waals surface area contributed by atoms with Crippen LogP contribution in [-0.2, 0) is 0 Å². The highest BCUT2D eigenvalue weighted by atomic mass is 79.9. The highest BCUT2D eigenvalue weighted by molar-refractivity contribution is 9.10. The highest BCUT2D eigenvalue weighted by Crippen LogP contribution is 2.21. The quantitative estimate of drug-likeness (QED) is 0.853. The van der Waals surface area contributed by atoms with Crippen molar-refractivity contribution < 1.29 is 9.18 Å². The molecule has 1 aromatic carbocycles. The average molecular weight is 352 g/mol. The first kappa shape index (κ1) is 15.4. The zero-order valence-electron chi connectivity index (χ0n) is 11.5. The number of hydrogen-bond acceptors (Lipinski definition) is 3. The molecule has 0 aliphatic carbocycles. The van der Waals surface area contributed by atoms with E-state index in [1.807, 2.05) is 6.92 Å². The van der Waals surface area contributed by atoms with Crippen LogP contribution in [0.1, 0.15) is 23.7 Å². The number of amides is 1. The van der Waals surface area contributed by atoms with Crippen LogP contribution in [0.3, 0.4) is 0 Å². The molecule has 0 atom stereocenters. The zero-order valence-corrected chi connectivity index (χ0v) is 13.1. The van der Waals surface area contributed by atoms with Crippen molar-refractivity contribution in [1.82, 2.24) is 4.98 Å². The number of carbonyl (C=O) groups excluding carboxylic acids is 1. The van der Waals surface area contributed by atoms with Crippen LogP contribution in [0.25, 0.3) is 0 Å². The summed E-state index contributed by atoms with van der Waals surface area (Å²) in [6.45, 7) is 2.73. The summed E-state index contributed by atoms with van der Waals surface area (Å²) in [4.78, 5) is 16.4. The van der Waals surface area contributed by atoms with Gasteiger partial charge in [-0.1, -0.05) is 22.9 Å². The molecule has 6 heteroatoms. The van der Waals surface area contributed by atoms with E-state index >= 15 is 0 Å². The Morgan fingerprint density at radius 2 is 2.19 bits per heavy atom. The van der Waals surface area contributed by atoms with Crippen molar-refractivity contribution in [1.29, 1.82) is 0 Å². The maximum atomic E-state index is 13.8. The minimum absolute atomic E-state index is 0.133. The minimum atomic E-state index is -0.496. The first-order valence-corrected chi connectivity index (χ1v) is 7.36.